The van der Waals surface area contributed by atoms with E-state index in [4.69, 9.17) is 4.74 Å². The molecule has 0 saturated heterocycles. The van der Waals surface area contributed by atoms with Gasteiger partial charge in [0.1, 0.15) is 5.75 Å². The van der Waals surface area contributed by atoms with Gasteiger partial charge in [-0.2, -0.15) is 0 Å². The van der Waals surface area contributed by atoms with Crippen molar-refractivity contribution in [3.8, 4) is 5.75 Å². The van der Waals surface area contributed by atoms with Crippen LogP contribution in [0.3, 0.4) is 0 Å². The number of ether oxygens (including phenoxy) is 1. The molecule has 1 aliphatic heterocycles. The third kappa shape index (κ3) is 3.10. The van der Waals surface area contributed by atoms with Crippen molar-refractivity contribution in [2.24, 2.45) is 0 Å². The number of nitrogens with zero attached hydrogens (tertiary/aromatic N) is 1. The van der Waals surface area contributed by atoms with Gasteiger partial charge in [0.2, 0.25) is 0 Å². The van der Waals surface area contributed by atoms with Gasteiger partial charge in [0.15, 0.2) is 6.61 Å². The van der Waals surface area contributed by atoms with Gasteiger partial charge in [0, 0.05) is 18.0 Å². The maximum Gasteiger partial charge on any atom is 0.260 e. The number of hydrogen-bond donors (Lipinski definition) is 0. The van der Waals surface area contributed by atoms with Crippen LogP contribution in [0.25, 0.3) is 0 Å². The summed E-state index contributed by atoms with van der Waals surface area (Å²) in [5.74, 6) is 0.865. The molecule has 0 aliphatic carbocycles. The predicted molar refractivity (Wildman–Crippen MR) is 84.9 cm³/mol. The molecule has 0 N–H and O–H groups in total. The predicted octanol–water partition coefficient (Wildman–Crippen LogP) is 3.33. The average molecular weight is 301 g/mol. The highest BCUT2D eigenvalue weighted by Crippen LogP contribution is 2.24. The lowest BCUT2D eigenvalue weighted by Gasteiger charge is -2.27. The fourth-order valence-electron chi connectivity index (χ4n) is 2.55. The molecule has 2 aromatic rings. The SMILES string of the molecule is Cc1ccc(C)c(OCC(=O)N2CCc3sccc3C2)c1. The second-order valence-electron chi connectivity index (χ2n) is 5.49. The van der Waals surface area contributed by atoms with Crippen LogP contribution in [0.15, 0.2) is 29.6 Å². The Hall–Kier alpha value is -1.81. The number of thiophene rings is 1. The molecule has 2 heterocycles. The summed E-state index contributed by atoms with van der Waals surface area (Å²) >= 11 is 1.78. The number of amides is 1. The number of rotatable bonds is 3. The van der Waals surface area contributed by atoms with Crippen LogP contribution in [-0.2, 0) is 17.8 Å². The summed E-state index contributed by atoms with van der Waals surface area (Å²) in [5.41, 5.74) is 3.49. The molecule has 1 amide bonds. The minimum atomic E-state index is 0.0627. The van der Waals surface area contributed by atoms with E-state index >= 15 is 0 Å². The van der Waals surface area contributed by atoms with E-state index in [1.54, 1.807) is 11.3 Å². The third-order valence-corrected chi connectivity index (χ3v) is 4.88. The minimum absolute atomic E-state index is 0.0627. The molecule has 1 aromatic heterocycles. The van der Waals surface area contributed by atoms with Crippen molar-refractivity contribution >= 4 is 17.2 Å². The van der Waals surface area contributed by atoms with E-state index < -0.39 is 0 Å². The summed E-state index contributed by atoms with van der Waals surface area (Å²) in [5, 5.41) is 2.10. The molecule has 1 aliphatic rings. The van der Waals surface area contributed by atoms with Gasteiger partial charge in [0.05, 0.1) is 0 Å². The molecule has 0 atom stereocenters. The number of carbonyl (C=O) groups is 1. The van der Waals surface area contributed by atoms with Crippen molar-refractivity contribution in [1.29, 1.82) is 0 Å². The molecule has 0 spiro atoms. The van der Waals surface area contributed by atoms with Gasteiger partial charge in [-0.05, 0) is 54.5 Å². The van der Waals surface area contributed by atoms with Crippen LogP contribution in [0.2, 0.25) is 0 Å². The summed E-state index contributed by atoms with van der Waals surface area (Å²) in [6, 6.07) is 8.17. The first-order chi connectivity index (χ1) is 10.1. The van der Waals surface area contributed by atoms with Crippen LogP contribution in [0.1, 0.15) is 21.6 Å². The summed E-state index contributed by atoms with van der Waals surface area (Å²) in [7, 11) is 0. The first kappa shape index (κ1) is 14.1. The maximum absolute atomic E-state index is 12.3. The van der Waals surface area contributed by atoms with Crippen LogP contribution in [0.4, 0.5) is 0 Å². The Morgan fingerprint density at radius 2 is 2.19 bits per heavy atom. The highest BCUT2D eigenvalue weighted by Gasteiger charge is 2.21. The molecular formula is C17H19NO2S. The van der Waals surface area contributed by atoms with Crippen molar-refractivity contribution in [2.75, 3.05) is 13.2 Å². The van der Waals surface area contributed by atoms with E-state index in [1.807, 2.05) is 36.9 Å². The smallest absolute Gasteiger partial charge is 0.260 e. The van der Waals surface area contributed by atoms with Crippen molar-refractivity contribution < 1.29 is 9.53 Å². The van der Waals surface area contributed by atoms with Crippen LogP contribution in [-0.4, -0.2) is 24.0 Å². The molecule has 3 nitrogen and oxygen atoms in total. The molecule has 21 heavy (non-hydrogen) atoms. The minimum Gasteiger partial charge on any atom is -0.483 e. The number of carbonyl (C=O) groups excluding carboxylic acids is 1. The fraction of sp³-hybridized carbons (Fsp3) is 0.353. The zero-order chi connectivity index (χ0) is 14.8. The topological polar surface area (TPSA) is 29.5 Å². The number of fused-ring (bicyclic) bond motifs is 1. The van der Waals surface area contributed by atoms with Gasteiger partial charge in [-0.3, -0.25) is 4.79 Å². The Balaban J connectivity index is 1.61. The van der Waals surface area contributed by atoms with E-state index in [2.05, 4.69) is 11.4 Å². The number of aryl methyl sites for hydroxylation is 2. The molecule has 0 bridgehead atoms. The van der Waals surface area contributed by atoms with Gasteiger partial charge >= 0.3 is 0 Å². The Morgan fingerprint density at radius 1 is 1.33 bits per heavy atom. The lowest BCUT2D eigenvalue weighted by atomic mass is 10.1. The molecule has 4 heteroatoms. The average Bonchev–Trinajstić information content (AvgIpc) is 2.95. The fourth-order valence-corrected chi connectivity index (χ4v) is 3.44. The Kier molecular flexibility index (Phi) is 3.97. The molecule has 1 aromatic carbocycles. The van der Waals surface area contributed by atoms with E-state index in [0.29, 0.717) is 6.54 Å². The van der Waals surface area contributed by atoms with Crippen LogP contribution in [0.5, 0.6) is 5.75 Å². The lowest BCUT2D eigenvalue weighted by molar-refractivity contribution is -0.134. The second-order valence-corrected chi connectivity index (χ2v) is 6.49. The summed E-state index contributed by atoms with van der Waals surface area (Å²) in [6.45, 7) is 5.65. The lowest BCUT2D eigenvalue weighted by Crippen LogP contribution is -2.38. The van der Waals surface area contributed by atoms with Crippen molar-refractivity contribution in [3.63, 3.8) is 0 Å². The van der Waals surface area contributed by atoms with Gasteiger partial charge in [0.25, 0.3) is 5.91 Å². The Labute approximate surface area is 129 Å². The van der Waals surface area contributed by atoms with Crippen LogP contribution in [0, 0.1) is 13.8 Å². The van der Waals surface area contributed by atoms with Crippen molar-refractivity contribution in [2.45, 2.75) is 26.8 Å². The number of benzene rings is 1. The molecule has 0 radical (unpaired) electrons. The highest BCUT2D eigenvalue weighted by molar-refractivity contribution is 7.10. The Morgan fingerprint density at radius 3 is 3.05 bits per heavy atom. The zero-order valence-electron chi connectivity index (χ0n) is 12.4. The highest BCUT2D eigenvalue weighted by atomic mass is 32.1. The monoisotopic (exact) mass is 301 g/mol. The van der Waals surface area contributed by atoms with Crippen molar-refractivity contribution in [1.82, 2.24) is 4.90 Å². The molecule has 0 fully saturated rings. The van der Waals surface area contributed by atoms with Gasteiger partial charge in [-0.25, -0.2) is 0 Å². The summed E-state index contributed by atoms with van der Waals surface area (Å²) in [6.07, 6.45) is 0.961. The standard InChI is InChI=1S/C17H19NO2S/c1-12-3-4-13(2)15(9-12)20-11-17(19)18-7-5-16-14(10-18)6-8-21-16/h3-4,6,8-9H,5,7,10-11H2,1-2H3. The van der Waals surface area contributed by atoms with Gasteiger partial charge in [-0.15, -0.1) is 11.3 Å². The largest absolute Gasteiger partial charge is 0.483 e. The van der Waals surface area contributed by atoms with E-state index in [9.17, 15) is 4.79 Å². The molecule has 0 unspecified atom stereocenters. The van der Waals surface area contributed by atoms with Gasteiger partial charge in [-0.1, -0.05) is 12.1 Å². The Bertz CT molecular complexity index is 663. The normalized spacial score (nSPS) is 13.9. The number of hydrogen-bond acceptors (Lipinski definition) is 3. The molecule has 110 valence electrons. The second kappa shape index (κ2) is 5.90. The zero-order valence-corrected chi connectivity index (χ0v) is 13.2. The maximum atomic E-state index is 12.3. The van der Waals surface area contributed by atoms with E-state index in [1.165, 1.54) is 10.4 Å². The van der Waals surface area contributed by atoms with Gasteiger partial charge < -0.3 is 9.64 Å². The van der Waals surface area contributed by atoms with E-state index in [-0.39, 0.29) is 12.5 Å². The quantitative estimate of drug-likeness (QED) is 0.870. The van der Waals surface area contributed by atoms with Crippen molar-refractivity contribution in [3.05, 3.63) is 51.2 Å². The molecule has 3 rings (SSSR count). The third-order valence-electron chi connectivity index (χ3n) is 3.86. The first-order valence-electron chi connectivity index (χ1n) is 7.16. The van der Waals surface area contributed by atoms with Crippen LogP contribution >= 0.6 is 11.3 Å². The molecular weight excluding hydrogens is 282 g/mol. The first-order valence-corrected chi connectivity index (χ1v) is 8.04. The summed E-state index contributed by atoms with van der Waals surface area (Å²) < 4.78 is 5.71. The molecule has 0 saturated carbocycles. The van der Waals surface area contributed by atoms with Crippen LogP contribution < -0.4 is 4.74 Å². The van der Waals surface area contributed by atoms with E-state index in [0.717, 1.165) is 29.8 Å². The summed E-state index contributed by atoms with van der Waals surface area (Å²) in [4.78, 5) is 15.6.